The molecule has 2 aromatic heterocycles. The second-order valence-electron chi connectivity index (χ2n) is 6.89. The highest BCUT2D eigenvalue weighted by atomic mass is 35.5. The van der Waals surface area contributed by atoms with Crippen LogP contribution in [0.15, 0.2) is 59.5 Å². The Kier molecular flexibility index (Phi) is 5.03. The first-order valence-electron chi connectivity index (χ1n) is 9.29. The van der Waals surface area contributed by atoms with Crippen molar-refractivity contribution >= 4 is 28.3 Å². The van der Waals surface area contributed by atoms with Gasteiger partial charge in [-0.3, -0.25) is 9.36 Å². The molecular weight excluding hydrogens is 386 g/mol. The number of nitrogens with one attached hydrogen (secondary N) is 1. The number of fused-ring (bicyclic) bond motifs is 1. The van der Waals surface area contributed by atoms with Crippen LogP contribution >= 0.6 is 11.6 Å². The van der Waals surface area contributed by atoms with Gasteiger partial charge < -0.3 is 5.32 Å². The van der Waals surface area contributed by atoms with E-state index in [1.807, 2.05) is 51.1 Å². The van der Waals surface area contributed by atoms with Gasteiger partial charge in [-0.25, -0.2) is 15.0 Å². The maximum atomic E-state index is 13.4. The number of halogens is 1. The molecule has 6 nitrogen and oxygen atoms in total. The van der Waals surface area contributed by atoms with Gasteiger partial charge in [-0.05, 0) is 45.0 Å². The van der Waals surface area contributed by atoms with Crippen molar-refractivity contribution < 1.29 is 0 Å². The SMILES string of the molecule is Cc1ncc(C)c(NC(C)c2nc3cccc(Cl)c3c(=O)n2-c2ccccc2)n1. The van der Waals surface area contributed by atoms with Crippen LogP contribution in [0.1, 0.15) is 30.2 Å². The van der Waals surface area contributed by atoms with Gasteiger partial charge in [0, 0.05) is 11.8 Å². The fourth-order valence-corrected chi connectivity index (χ4v) is 3.52. The van der Waals surface area contributed by atoms with Gasteiger partial charge in [-0.15, -0.1) is 0 Å². The van der Waals surface area contributed by atoms with Crippen molar-refractivity contribution in [3.05, 3.63) is 87.3 Å². The molecule has 4 rings (SSSR count). The van der Waals surface area contributed by atoms with Crippen LogP contribution in [0.5, 0.6) is 0 Å². The van der Waals surface area contributed by atoms with E-state index >= 15 is 0 Å². The molecule has 0 saturated carbocycles. The maximum absolute atomic E-state index is 13.4. The van der Waals surface area contributed by atoms with Gasteiger partial charge in [0.25, 0.3) is 5.56 Å². The molecule has 2 heterocycles. The lowest BCUT2D eigenvalue weighted by Gasteiger charge is -2.21. The monoisotopic (exact) mass is 405 g/mol. The van der Waals surface area contributed by atoms with Crippen LogP contribution in [0.4, 0.5) is 5.82 Å². The molecule has 0 aliphatic carbocycles. The van der Waals surface area contributed by atoms with Crippen molar-refractivity contribution in [1.82, 2.24) is 19.5 Å². The van der Waals surface area contributed by atoms with Crippen LogP contribution in [0, 0.1) is 13.8 Å². The summed E-state index contributed by atoms with van der Waals surface area (Å²) in [5.41, 5.74) is 2.01. The molecule has 0 saturated heterocycles. The molecule has 0 radical (unpaired) electrons. The minimum atomic E-state index is -0.292. The molecular formula is C22H20ClN5O. The number of rotatable bonds is 4. The summed E-state index contributed by atoms with van der Waals surface area (Å²) in [7, 11) is 0. The Morgan fingerprint density at radius 3 is 2.55 bits per heavy atom. The van der Waals surface area contributed by atoms with Crippen LogP contribution in [-0.2, 0) is 0 Å². The third-order valence-electron chi connectivity index (χ3n) is 4.72. The molecule has 4 aromatic rings. The minimum Gasteiger partial charge on any atom is -0.360 e. The molecule has 0 aliphatic heterocycles. The van der Waals surface area contributed by atoms with Crippen LogP contribution < -0.4 is 10.9 Å². The van der Waals surface area contributed by atoms with E-state index in [0.717, 1.165) is 11.3 Å². The highest BCUT2D eigenvalue weighted by Gasteiger charge is 2.20. The van der Waals surface area contributed by atoms with Crippen molar-refractivity contribution in [2.75, 3.05) is 5.32 Å². The van der Waals surface area contributed by atoms with E-state index in [1.165, 1.54) is 0 Å². The highest BCUT2D eigenvalue weighted by molar-refractivity contribution is 6.35. The summed E-state index contributed by atoms with van der Waals surface area (Å²) < 4.78 is 1.61. The Bertz CT molecular complexity index is 1250. The normalized spacial score (nSPS) is 12.1. The molecule has 1 unspecified atom stereocenters. The van der Waals surface area contributed by atoms with E-state index in [1.54, 1.807) is 29.0 Å². The van der Waals surface area contributed by atoms with Gasteiger partial charge in [0.2, 0.25) is 0 Å². The van der Waals surface area contributed by atoms with Crippen LogP contribution in [0.25, 0.3) is 16.6 Å². The molecule has 7 heteroatoms. The largest absolute Gasteiger partial charge is 0.360 e. The first kappa shape index (κ1) is 19.1. The third kappa shape index (κ3) is 3.59. The second kappa shape index (κ2) is 7.64. The van der Waals surface area contributed by atoms with Crippen molar-refractivity contribution in [3.8, 4) is 5.69 Å². The number of para-hydroxylation sites is 1. The number of benzene rings is 2. The molecule has 1 atom stereocenters. The predicted molar refractivity (Wildman–Crippen MR) is 116 cm³/mol. The van der Waals surface area contributed by atoms with Crippen LogP contribution in [-0.4, -0.2) is 19.5 Å². The Hall–Kier alpha value is -3.25. The molecule has 0 spiro atoms. The first-order chi connectivity index (χ1) is 14.0. The van der Waals surface area contributed by atoms with Crippen molar-refractivity contribution in [1.29, 1.82) is 0 Å². The zero-order valence-electron chi connectivity index (χ0n) is 16.3. The van der Waals surface area contributed by atoms with Crippen molar-refractivity contribution in [2.45, 2.75) is 26.8 Å². The van der Waals surface area contributed by atoms with Crippen LogP contribution in [0.3, 0.4) is 0 Å². The lowest BCUT2D eigenvalue weighted by atomic mass is 10.2. The Balaban J connectivity index is 1.93. The van der Waals surface area contributed by atoms with Crippen LogP contribution in [0.2, 0.25) is 5.02 Å². The Labute approximate surface area is 173 Å². The number of anilines is 1. The average Bonchev–Trinajstić information content (AvgIpc) is 2.71. The predicted octanol–water partition coefficient (Wildman–Crippen LogP) is 4.62. The molecule has 2 aromatic carbocycles. The van der Waals surface area contributed by atoms with E-state index in [9.17, 15) is 4.79 Å². The third-order valence-corrected chi connectivity index (χ3v) is 5.03. The number of hydrogen-bond donors (Lipinski definition) is 1. The number of hydrogen-bond acceptors (Lipinski definition) is 5. The smallest absolute Gasteiger partial charge is 0.267 e. The summed E-state index contributed by atoms with van der Waals surface area (Å²) >= 11 is 6.34. The highest BCUT2D eigenvalue weighted by Crippen LogP contribution is 2.25. The van der Waals surface area contributed by atoms with Gasteiger partial charge in [-0.1, -0.05) is 35.9 Å². The van der Waals surface area contributed by atoms with Crippen molar-refractivity contribution in [2.24, 2.45) is 0 Å². The minimum absolute atomic E-state index is 0.203. The molecule has 29 heavy (non-hydrogen) atoms. The summed E-state index contributed by atoms with van der Waals surface area (Å²) in [6.45, 7) is 5.73. The van der Waals surface area contributed by atoms with E-state index in [-0.39, 0.29) is 11.6 Å². The zero-order valence-corrected chi connectivity index (χ0v) is 17.1. The number of nitrogens with zero attached hydrogens (tertiary/aromatic N) is 4. The van der Waals surface area contributed by atoms with Gasteiger partial charge in [0.15, 0.2) is 0 Å². The van der Waals surface area contributed by atoms with E-state index in [2.05, 4.69) is 15.3 Å². The maximum Gasteiger partial charge on any atom is 0.267 e. The lowest BCUT2D eigenvalue weighted by molar-refractivity contribution is 0.729. The van der Waals surface area contributed by atoms with E-state index in [0.29, 0.717) is 33.4 Å². The second-order valence-corrected chi connectivity index (χ2v) is 7.30. The fraction of sp³-hybridized carbons (Fsp3) is 0.182. The average molecular weight is 406 g/mol. The topological polar surface area (TPSA) is 72.7 Å². The van der Waals surface area contributed by atoms with E-state index < -0.39 is 0 Å². The molecule has 0 bridgehead atoms. The number of aryl methyl sites for hydroxylation is 2. The van der Waals surface area contributed by atoms with Gasteiger partial charge >= 0.3 is 0 Å². The summed E-state index contributed by atoms with van der Waals surface area (Å²) in [5.74, 6) is 1.96. The molecule has 0 aliphatic rings. The molecule has 0 fully saturated rings. The summed E-state index contributed by atoms with van der Waals surface area (Å²) in [6.07, 6.45) is 1.77. The lowest BCUT2D eigenvalue weighted by Crippen LogP contribution is -2.27. The van der Waals surface area contributed by atoms with Gasteiger partial charge in [-0.2, -0.15) is 0 Å². The van der Waals surface area contributed by atoms with E-state index in [4.69, 9.17) is 16.6 Å². The quantitative estimate of drug-likeness (QED) is 0.536. The standard InChI is InChI=1S/C22H20ClN5O/c1-13-12-24-15(3)26-20(13)25-14(2)21-27-18-11-7-10-17(23)19(18)22(29)28(21)16-8-5-4-6-9-16/h4-12,14H,1-3H3,(H,24,25,26). The van der Waals surface area contributed by atoms with Gasteiger partial charge in [0.05, 0.1) is 27.7 Å². The van der Waals surface area contributed by atoms with Gasteiger partial charge in [0.1, 0.15) is 17.5 Å². The van der Waals surface area contributed by atoms with Crippen molar-refractivity contribution in [3.63, 3.8) is 0 Å². The summed E-state index contributed by atoms with van der Waals surface area (Å²) in [5, 5.41) is 4.17. The summed E-state index contributed by atoms with van der Waals surface area (Å²) in [4.78, 5) is 26.9. The molecule has 1 N–H and O–H groups in total. The fourth-order valence-electron chi connectivity index (χ4n) is 3.27. The Morgan fingerprint density at radius 2 is 1.79 bits per heavy atom. The Morgan fingerprint density at radius 1 is 1.03 bits per heavy atom. The first-order valence-corrected chi connectivity index (χ1v) is 9.67. The molecule has 146 valence electrons. The molecule has 0 amide bonds. The number of aromatic nitrogens is 4. The summed E-state index contributed by atoms with van der Waals surface area (Å²) in [6, 6.07) is 14.4. The zero-order chi connectivity index (χ0) is 20.5.